The molecule has 1 amide bonds. The summed E-state index contributed by atoms with van der Waals surface area (Å²) in [6.07, 6.45) is -1.06. The van der Waals surface area contributed by atoms with E-state index in [1.54, 1.807) is 7.05 Å². The first kappa shape index (κ1) is 22.7. The van der Waals surface area contributed by atoms with E-state index in [0.29, 0.717) is 32.0 Å². The number of aliphatic imine (C=N–C) groups is 1. The van der Waals surface area contributed by atoms with Gasteiger partial charge in [-0.1, -0.05) is 0 Å². The lowest BCUT2D eigenvalue weighted by molar-refractivity contribution is -0.141. The second-order valence-electron chi connectivity index (χ2n) is 6.73. The Labute approximate surface area is 168 Å². The number of rotatable bonds is 7. The number of hydrogen-bond donors (Lipinski definition) is 3. The van der Waals surface area contributed by atoms with E-state index in [2.05, 4.69) is 35.8 Å². The highest BCUT2D eigenvalue weighted by Gasteiger charge is 2.32. The predicted molar refractivity (Wildman–Crippen MR) is 104 cm³/mol. The Morgan fingerprint density at radius 2 is 2.07 bits per heavy atom. The minimum atomic E-state index is -4.50. The largest absolute Gasteiger partial charge is 0.433 e. The molecule has 3 N–H and O–H groups in total. The van der Waals surface area contributed by atoms with Crippen LogP contribution in [0.4, 0.5) is 19.1 Å². The van der Waals surface area contributed by atoms with Crippen LogP contribution in [-0.2, 0) is 11.0 Å². The third-order valence-corrected chi connectivity index (χ3v) is 4.60. The number of aromatic nitrogens is 2. The smallest absolute Gasteiger partial charge is 0.359 e. The highest BCUT2D eigenvalue weighted by atomic mass is 19.4. The Morgan fingerprint density at radius 3 is 2.69 bits per heavy atom. The van der Waals surface area contributed by atoms with Gasteiger partial charge in [-0.2, -0.15) is 13.2 Å². The van der Waals surface area contributed by atoms with Crippen molar-refractivity contribution in [3.05, 3.63) is 18.0 Å². The van der Waals surface area contributed by atoms with E-state index in [1.165, 1.54) is 0 Å². The van der Waals surface area contributed by atoms with Crippen LogP contribution in [0.5, 0.6) is 0 Å². The molecule has 0 bridgehead atoms. The quantitative estimate of drug-likeness (QED) is 0.357. The summed E-state index contributed by atoms with van der Waals surface area (Å²) in [5.74, 6) is 1.12. The topological polar surface area (TPSA) is 94.5 Å². The summed E-state index contributed by atoms with van der Waals surface area (Å²) < 4.78 is 38.1. The number of alkyl halides is 3. The standard InChI is InChI=1S/C18H28F3N7O/c1-3-23-17(28-10-5-13(6-11-28)12-15(29)22-2)26-9-8-25-16-24-7-4-14(27-16)18(19,20)21/h4,7,13H,3,5-6,8-12H2,1-2H3,(H,22,29)(H,23,26)(H,24,25,27). The van der Waals surface area contributed by atoms with Crippen LogP contribution in [0, 0.1) is 5.92 Å². The Morgan fingerprint density at radius 1 is 1.34 bits per heavy atom. The highest BCUT2D eigenvalue weighted by Crippen LogP contribution is 2.27. The molecule has 0 unspecified atom stereocenters. The molecule has 1 aromatic heterocycles. The van der Waals surface area contributed by atoms with E-state index < -0.39 is 11.9 Å². The summed E-state index contributed by atoms with van der Waals surface area (Å²) >= 11 is 0. The number of hydrogen-bond acceptors (Lipinski definition) is 5. The molecule has 162 valence electrons. The molecular weight excluding hydrogens is 387 g/mol. The number of carbonyl (C=O) groups excluding carboxylic acids is 1. The molecule has 0 saturated carbocycles. The summed E-state index contributed by atoms with van der Waals surface area (Å²) in [5.41, 5.74) is -0.980. The van der Waals surface area contributed by atoms with Crippen molar-refractivity contribution in [2.45, 2.75) is 32.4 Å². The van der Waals surface area contributed by atoms with Gasteiger partial charge in [-0.25, -0.2) is 9.97 Å². The van der Waals surface area contributed by atoms with Crippen molar-refractivity contribution in [2.24, 2.45) is 10.9 Å². The van der Waals surface area contributed by atoms with Crippen LogP contribution in [0.1, 0.15) is 31.9 Å². The van der Waals surface area contributed by atoms with Gasteiger partial charge in [0.2, 0.25) is 11.9 Å². The number of nitrogens with one attached hydrogen (secondary N) is 3. The molecule has 0 aromatic carbocycles. The van der Waals surface area contributed by atoms with Crippen LogP contribution in [0.15, 0.2) is 17.3 Å². The number of anilines is 1. The maximum absolute atomic E-state index is 12.7. The molecular formula is C18H28F3N7O. The minimum Gasteiger partial charge on any atom is -0.359 e. The van der Waals surface area contributed by atoms with Gasteiger partial charge in [0.25, 0.3) is 0 Å². The van der Waals surface area contributed by atoms with Gasteiger partial charge in [0, 0.05) is 45.8 Å². The number of guanidine groups is 1. The number of carbonyl (C=O) groups is 1. The SMILES string of the molecule is CCNC(=NCCNc1nccc(C(F)(F)F)n1)N1CCC(CC(=O)NC)CC1. The second kappa shape index (κ2) is 10.8. The monoisotopic (exact) mass is 415 g/mol. The van der Waals surface area contributed by atoms with Crippen LogP contribution < -0.4 is 16.0 Å². The van der Waals surface area contributed by atoms with E-state index in [9.17, 15) is 18.0 Å². The van der Waals surface area contributed by atoms with Gasteiger partial charge in [-0.05, 0) is 31.7 Å². The molecule has 1 aliphatic rings. The van der Waals surface area contributed by atoms with E-state index in [-0.39, 0.29) is 11.9 Å². The van der Waals surface area contributed by atoms with Crippen LogP contribution in [0.3, 0.4) is 0 Å². The van der Waals surface area contributed by atoms with Gasteiger partial charge in [0.1, 0.15) is 5.69 Å². The lowest BCUT2D eigenvalue weighted by Crippen LogP contribution is -2.46. The van der Waals surface area contributed by atoms with E-state index in [0.717, 1.165) is 44.2 Å². The number of nitrogens with zero attached hydrogens (tertiary/aromatic N) is 4. The number of amides is 1. The summed E-state index contributed by atoms with van der Waals surface area (Å²) in [5, 5.41) is 8.67. The molecule has 0 spiro atoms. The van der Waals surface area contributed by atoms with Crippen molar-refractivity contribution < 1.29 is 18.0 Å². The summed E-state index contributed by atoms with van der Waals surface area (Å²) in [4.78, 5) is 25.5. The highest BCUT2D eigenvalue weighted by molar-refractivity contribution is 5.80. The van der Waals surface area contributed by atoms with Crippen molar-refractivity contribution >= 4 is 17.8 Å². The van der Waals surface area contributed by atoms with Gasteiger partial charge < -0.3 is 20.9 Å². The third-order valence-electron chi connectivity index (χ3n) is 4.60. The van der Waals surface area contributed by atoms with Gasteiger partial charge >= 0.3 is 6.18 Å². The summed E-state index contributed by atoms with van der Waals surface area (Å²) in [7, 11) is 1.64. The fourth-order valence-corrected chi connectivity index (χ4v) is 3.07. The zero-order valence-corrected chi connectivity index (χ0v) is 16.7. The number of piperidine rings is 1. The first-order valence-electron chi connectivity index (χ1n) is 9.71. The molecule has 1 fully saturated rings. The predicted octanol–water partition coefficient (Wildman–Crippen LogP) is 1.72. The maximum Gasteiger partial charge on any atom is 0.433 e. The van der Waals surface area contributed by atoms with Gasteiger partial charge in [0.15, 0.2) is 5.96 Å². The van der Waals surface area contributed by atoms with E-state index >= 15 is 0 Å². The lowest BCUT2D eigenvalue weighted by Gasteiger charge is -2.34. The van der Waals surface area contributed by atoms with Crippen LogP contribution >= 0.6 is 0 Å². The fraction of sp³-hybridized carbons (Fsp3) is 0.667. The molecule has 0 aliphatic carbocycles. The van der Waals surface area contributed by atoms with Gasteiger partial charge in [-0.15, -0.1) is 0 Å². The second-order valence-corrected chi connectivity index (χ2v) is 6.73. The Balaban J connectivity index is 1.84. The van der Waals surface area contributed by atoms with Crippen molar-refractivity contribution in [3.63, 3.8) is 0 Å². The zero-order valence-electron chi connectivity index (χ0n) is 16.7. The average Bonchev–Trinajstić information content (AvgIpc) is 2.70. The average molecular weight is 415 g/mol. The molecule has 2 rings (SSSR count). The normalized spacial score (nSPS) is 15.9. The van der Waals surface area contributed by atoms with Gasteiger partial charge in [0.05, 0.1) is 6.54 Å². The van der Waals surface area contributed by atoms with Crippen LogP contribution in [-0.4, -0.2) is 66.5 Å². The van der Waals surface area contributed by atoms with Crippen LogP contribution in [0.2, 0.25) is 0 Å². The van der Waals surface area contributed by atoms with Crippen LogP contribution in [0.25, 0.3) is 0 Å². The fourth-order valence-electron chi connectivity index (χ4n) is 3.07. The Kier molecular flexibility index (Phi) is 8.47. The first-order chi connectivity index (χ1) is 13.8. The van der Waals surface area contributed by atoms with Crippen molar-refractivity contribution in [1.82, 2.24) is 25.5 Å². The van der Waals surface area contributed by atoms with Crippen molar-refractivity contribution in [1.29, 1.82) is 0 Å². The summed E-state index contributed by atoms with van der Waals surface area (Å²) in [6, 6.07) is 0.834. The van der Waals surface area contributed by atoms with Crippen molar-refractivity contribution in [2.75, 3.05) is 45.1 Å². The molecule has 2 heterocycles. The molecule has 1 aliphatic heterocycles. The molecule has 1 saturated heterocycles. The first-order valence-corrected chi connectivity index (χ1v) is 9.71. The lowest BCUT2D eigenvalue weighted by atomic mass is 9.93. The summed E-state index contributed by atoms with van der Waals surface area (Å²) in [6.45, 7) is 4.96. The molecule has 0 radical (unpaired) electrons. The third kappa shape index (κ3) is 7.39. The Hall–Kier alpha value is -2.59. The molecule has 1 aromatic rings. The molecule has 29 heavy (non-hydrogen) atoms. The number of likely N-dealkylation sites (tertiary alicyclic amines) is 1. The van der Waals surface area contributed by atoms with Gasteiger partial charge in [-0.3, -0.25) is 9.79 Å². The Bertz CT molecular complexity index is 688. The molecule has 8 nitrogen and oxygen atoms in total. The van der Waals surface area contributed by atoms with Crippen molar-refractivity contribution in [3.8, 4) is 0 Å². The minimum absolute atomic E-state index is 0.0620. The molecule has 11 heteroatoms. The van der Waals surface area contributed by atoms with E-state index in [4.69, 9.17) is 0 Å². The maximum atomic E-state index is 12.7. The van der Waals surface area contributed by atoms with E-state index in [1.807, 2.05) is 6.92 Å². The number of halogens is 3. The molecule has 0 atom stereocenters. The zero-order chi connectivity index (χ0) is 21.3.